The Balaban J connectivity index is 1.28. The predicted octanol–water partition coefficient (Wildman–Crippen LogP) is 5.20. The molecule has 1 fully saturated rings. The fraction of sp³-hybridized carbons (Fsp3) is 0.407. The fourth-order valence-electron chi connectivity index (χ4n) is 4.24. The molecule has 0 saturated heterocycles. The number of hydrogen-bond donors (Lipinski definition) is 2. The third-order valence-corrected chi connectivity index (χ3v) is 6.34. The number of anilines is 1. The minimum atomic E-state index is -0.197. The standard InChI is InChI=1S/C27H33N5O3/c1-19-8-7-11-23(18-19)29-27(34)32(2)17-16-24-30-26(35-31-24)21-14-12-20(13-15-21)25(33)28-22-9-5-3-4-6-10-22/h7-8,11-15,18,22H,3-6,9-10,16-17H2,1-2H3,(H,28,33)(H,29,34). The van der Waals surface area contributed by atoms with E-state index in [4.69, 9.17) is 4.52 Å². The number of carbonyl (C=O) groups excluding carboxylic acids is 2. The highest BCUT2D eigenvalue weighted by molar-refractivity contribution is 5.94. The molecule has 3 aromatic rings. The van der Waals surface area contributed by atoms with Gasteiger partial charge in [0.1, 0.15) is 0 Å². The second-order valence-corrected chi connectivity index (χ2v) is 9.23. The molecule has 0 aliphatic heterocycles. The van der Waals surface area contributed by atoms with Crippen molar-refractivity contribution >= 4 is 17.6 Å². The minimum Gasteiger partial charge on any atom is -0.349 e. The number of aromatic nitrogens is 2. The van der Waals surface area contributed by atoms with E-state index in [0.717, 1.165) is 29.7 Å². The van der Waals surface area contributed by atoms with Crippen molar-refractivity contribution in [3.8, 4) is 11.5 Å². The molecule has 0 spiro atoms. The van der Waals surface area contributed by atoms with Crippen LogP contribution in [-0.2, 0) is 6.42 Å². The Labute approximate surface area is 206 Å². The highest BCUT2D eigenvalue weighted by Gasteiger charge is 2.17. The van der Waals surface area contributed by atoms with Crippen LogP contribution in [0.3, 0.4) is 0 Å². The fourth-order valence-corrected chi connectivity index (χ4v) is 4.24. The monoisotopic (exact) mass is 475 g/mol. The van der Waals surface area contributed by atoms with E-state index < -0.39 is 0 Å². The normalized spacial score (nSPS) is 14.2. The lowest BCUT2D eigenvalue weighted by molar-refractivity contribution is 0.0933. The molecule has 1 saturated carbocycles. The maximum atomic E-state index is 12.6. The van der Waals surface area contributed by atoms with Crippen LogP contribution in [-0.4, -0.2) is 46.6 Å². The first-order valence-corrected chi connectivity index (χ1v) is 12.3. The van der Waals surface area contributed by atoms with Gasteiger partial charge in [0.05, 0.1) is 0 Å². The number of carbonyl (C=O) groups is 2. The summed E-state index contributed by atoms with van der Waals surface area (Å²) >= 11 is 0. The maximum Gasteiger partial charge on any atom is 0.321 e. The zero-order valence-corrected chi connectivity index (χ0v) is 20.4. The predicted molar refractivity (Wildman–Crippen MR) is 135 cm³/mol. The molecule has 4 rings (SSSR count). The molecule has 0 atom stereocenters. The number of urea groups is 1. The number of aryl methyl sites for hydroxylation is 1. The van der Waals surface area contributed by atoms with Crippen LogP contribution in [0.4, 0.5) is 10.5 Å². The highest BCUT2D eigenvalue weighted by atomic mass is 16.5. The van der Waals surface area contributed by atoms with Crippen molar-refractivity contribution in [3.63, 3.8) is 0 Å². The number of rotatable bonds is 7. The Hall–Kier alpha value is -3.68. The van der Waals surface area contributed by atoms with E-state index in [1.165, 1.54) is 25.7 Å². The first-order valence-electron chi connectivity index (χ1n) is 12.3. The van der Waals surface area contributed by atoms with Gasteiger partial charge < -0.3 is 20.1 Å². The van der Waals surface area contributed by atoms with Crippen molar-refractivity contribution in [2.75, 3.05) is 18.9 Å². The number of hydrogen-bond acceptors (Lipinski definition) is 5. The van der Waals surface area contributed by atoms with Gasteiger partial charge in [0.25, 0.3) is 11.8 Å². The number of benzene rings is 2. The van der Waals surface area contributed by atoms with Crippen molar-refractivity contribution < 1.29 is 14.1 Å². The molecule has 1 aliphatic rings. The highest BCUT2D eigenvalue weighted by Crippen LogP contribution is 2.20. The summed E-state index contributed by atoms with van der Waals surface area (Å²) in [5, 5.41) is 10.1. The quantitative estimate of drug-likeness (QED) is 0.457. The van der Waals surface area contributed by atoms with Gasteiger partial charge in [0, 0.05) is 42.9 Å². The third-order valence-electron chi connectivity index (χ3n) is 6.34. The average Bonchev–Trinajstić information content (AvgIpc) is 3.19. The van der Waals surface area contributed by atoms with Crippen LogP contribution in [0.1, 0.15) is 60.3 Å². The van der Waals surface area contributed by atoms with Gasteiger partial charge in [0.2, 0.25) is 0 Å². The van der Waals surface area contributed by atoms with Gasteiger partial charge in [-0.2, -0.15) is 4.98 Å². The topological polar surface area (TPSA) is 100 Å². The minimum absolute atomic E-state index is 0.0401. The van der Waals surface area contributed by atoms with Crippen molar-refractivity contribution in [1.82, 2.24) is 20.4 Å². The van der Waals surface area contributed by atoms with Crippen LogP contribution < -0.4 is 10.6 Å². The smallest absolute Gasteiger partial charge is 0.321 e. The largest absolute Gasteiger partial charge is 0.349 e. The van der Waals surface area contributed by atoms with E-state index in [9.17, 15) is 9.59 Å². The van der Waals surface area contributed by atoms with Crippen LogP contribution in [0.2, 0.25) is 0 Å². The number of amides is 3. The Morgan fingerprint density at radius 2 is 1.80 bits per heavy atom. The second kappa shape index (κ2) is 11.6. The molecular weight excluding hydrogens is 442 g/mol. The molecule has 2 aromatic carbocycles. The SMILES string of the molecule is Cc1cccc(NC(=O)N(C)CCc2noc(-c3ccc(C(=O)NC4CCCCCC4)cc3)n2)c1. The molecule has 1 aromatic heterocycles. The van der Waals surface area contributed by atoms with E-state index in [1.54, 1.807) is 24.1 Å². The van der Waals surface area contributed by atoms with Crippen LogP contribution in [0.5, 0.6) is 0 Å². The summed E-state index contributed by atoms with van der Waals surface area (Å²) < 4.78 is 5.41. The Morgan fingerprint density at radius 1 is 1.06 bits per heavy atom. The molecule has 0 bridgehead atoms. The zero-order valence-electron chi connectivity index (χ0n) is 20.4. The summed E-state index contributed by atoms with van der Waals surface area (Å²) in [6.07, 6.45) is 7.43. The van der Waals surface area contributed by atoms with Crippen molar-refractivity contribution in [2.45, 2.75) is 57.9 Å². The summed E-state index contributed by atoms with van der Waals surface area (Å²) in [4.78, 5) is 31.1. The molecule has 8 heteroatoms. The van der Waals surface area contributed by atoms with Crippen LogP contribution in [0.15, 0.2) is 53.1 Å². The zero-order chi connectivity index (χ0) is 24.6. The van der Waals surface area contributed by atoms with Gasteiger partial charge in [0.15, 0.2) is 5.82 Å². The first kappa shape index (κ1) is 24.4. The summed E-state index contributed by atoms with van der Waals surface area (Å²) in [6.45, 7) is 2.42. The molecule has 8 nitrogen and oxygen atoms in total. The average molecular weight is 476 g/mol. The summed E-state index contributed by atoms with van der Waals surface area (Å²) in [7, 11) is 1.73. The number of nitrogens with one attached hydrogen (secondary N) is 2. The lowest BCUT2D eigenvalue weighted by Crippen LogP contribution is -2.34. The van der Waals surface area contributed by atoms with Crippen molar-refractivity contribution in [2.24, 2.45) is 0 Å². The first-order chi connectivity index (χ1) is 17.0. The molecule has 1 aliphatic carbocycles. The van der Waals surface area contributed by atoms with Gasteiger partial charge in [-0.1, -0.05) is 43.0 Å². The Morgan fingerprint density at radius 3 is 2.51 bits per heavy atom. The van der Waals surface area contributed by atoms with Gasteiger partial charge in [-0.25, -0.2) is 4.79 Å². The van der Waals surface area contributed by atoms with E-state index in [2.05, 4.69) is 20.8 Å². The second-order valence-electron chi connectivity index (χ2n) is 9.23. The van der Waals surface area contributed by atoms with Crippen molar-refractivity contribution in [1.29, 1.82) is 0 Å². The van der Waals surface area contributed by atoms with E-state index in [1.807, 2.05) is 43.3 Å². The molecule has 1 heterocycles. The molecular formula is C27H33N5O3. The summed E-state index contributed by atoms with van der Waals surface area (Å²) in [5.41, 5.74) is 3.22. The molecule has 0 unspecified atom stereocenters. The van der Waals surface area contributed by atoms with Crippen LogP contribution >= 0.6 is 0 Å². The molecule has 3 amide bonds. The lowest BCUT2D eigenvalue weighted by Gasteiger charge is -2.17. The van der Waals surface area contributed by atoms with Gasteiger partial charge >= 0.3 is 6.03 Å². The maximum absolute atomic E-state index is 12.6. The lowest BCUT2D eigenvalue weighted by atomic mass is 10.1. The van der Waals surface area contributed by atoms with Crippen LogP contribution in [0, 0.1) is 6.92 Å². The molecule has 184 valence electrons. The molecule has 35 heavy (non-hydrogen) atoms. The Bertz CT molecular complexity index is 1130. The van der Waals surface area contributed by atoms with E-state index in [-0.39, 0.29) is 18.0 Å². The van der Waals surface area contributed by atoms with Gasteiger partial charge in [-0.05, 0) is 61.7 Å². The summed E-state index contributed by atoms with van der Waals surface area (Å²) in [6, 6.07) is 14.9. The van der Waals surface area contributed by atoms with E-state index in [0.29, 0.717) is 30.2 Å². The van der Waals surface area contributed by atoms with Crippen LogP contribution in [0.25, 0.3) is 11.5 Å². The van der Waals surface area contributed by atoms with Gasteiger partial charge in [-0.15, -0.1) is 0 Å². The van der Waals surface area contributed by atoms with Crippen molar-refractivity contribution in [3.05, 3.63) is 65.5 Å². The number of nitrogens with zero attached hydrogens (tertiary/aromatic N) is 3. The molecule has 0 radical (unpaired) electrons. The molecule has 2 N–H and O–H groups in total. The third kappa shape index (κ3) is 6.91. The number of likely N-dealkylation sites (N-methyl/N-ethyl adjacent to an activating group) is 1. The van der Waals surface area contributed by atoms with Gasteiger partial charge in [-0.3, -0.25) is 4.79 Å². The summed E-state index contributed by atoms with van der Waals surface area (Å²) in [5.74, 6) is 0.870. The Kier molecular flexibility index (Phi) is 8.13. The van der Waals surface area contributed by atoms with E-state index >= 15 is 0 Å².